The number of hydrogen-bond acceptors (Lipinski definition) is 6. The fourth-order valence-corrected chi connectivity index (χ4v) is 4.18. The number of ether oxygens (including phenoxy) is 1. The lowest BCUT2D eigenvalue weighted by molar-refractivity contribution is -0.116. The fourth-order valence-electron chi connectivity index (χ4n) is 2.60. The lowest BCUT2D eigenvalue weighted by Crippen LogP contribution is -2.19. The molecule has 0 aliphatic heterocycles. The first-order chi connectivity index (χ1) is 12.6. The van der Waals surface area contributed by atoms with E-state index in [4.69, 9.17) is 4.74 Å². The molecule has 0 aliphatic rings. The predicted molar refractivity (Wildman–Crippen MR) is 103 cm³/mol. The van der Waals surface area contributed by atoms with Gasteiger partial charge in [0.2, 0.25) is 5.91 Å². The molecule has 0 saturated heterocycles. The number of aryl methyl sites for hydroxylation is 1. The van der Waals surface area contributed by atoms with Gasteiger partial charge in [0.1, 0.15) is 4.88 Å². The summed E-state index contributed by atoms with van der Waals surface area (Å²) in [6, 6.07) is 5.82. The zero-order valence-corrected chi connectivity index (χ0v) is 16.1. The number of hydrogen-bond donors (Lipinski definition) is 1. The second-order valence-corrected chi connectivity index (χ2v) is 7.39. The van der Waals surface area contributed by atoms with Crippen LogP contribution in [0.4, 0.5) is 5.13 Å². The lowest BCUT2D eigenvalue weighted by atomic mass is 10.1. The van der Waals surface area contributed by atoms with Crippen LogP contribution in [0.5, 0.6) is 0 Å². The number of carbonyl (C=O) groups is 2. The molecule has 0 saturated carbocycles. The maximum absolute atomic E-state index is 12.6. The van der Waals surface area contributed by atoms with Crippen LogP contribution in [0.1, 0.15) is 40.3 Å². The summed E-state index contributed by atoms with van der Waals surface area (Å²) >= 11 is 2.74. The zero-order chi connectivity index (χ0) is 18.5. The first kappa shape index (κ1) is 18.3. The van der Waals surface area contributed by atoms with Crippen molar-refractivity contribution in [1.82, 2.24) is 9.55 Å². The second-order valence-electron chi connectivity index (χ2n) is 5.61. The maximum Gasteiger partial charge on any atom is 0.350 e. The van der Waals surface area contributed by atoms with Crippen LogP contribution < -0.4 is 5.32 Å². The van der Waals surface area contributed by atoms with Gasteiger partial charge in [-0.3, -0.25) is 4.79 Å². The highest BCUT2D eigenvalue weighted by molar-refractivity contribution is 7.17. The third kappa shape index (κ3) is 4.20. The standard InChI is InChI=1S/C18H19N3O3S2/c1-3-24-17(23)16-12(2)19-18(26-16)20-15(22)10-14(13-6-9-25-11-13)21-7-4-5-8-21/h4-9,11,14H,3,10H2,1-2H3,(H,19,20,22)/t14-/m0/s1. The molecule has 1 atom stereocenters. The number of carbonyl (C=O) groups excluding carboxylic acids is 2. The number of thiazole rings is 1. The van der Waals surface area contributed by atoms with E-state index in [0.717, 1.165) is 16.9 Å². The first-order valence-electron chi connectivity index (χ1n) is 8.17. The average Bonchev–Trinajstić information content (AvgIpc) is 3.35. The molecule has 8 heteroatoms. The summed E-state index contributed by atoms with van der Waals surface area (Å²) < 4.78 is 7.02. The Labute approximate surface area is 159 Å². The summed E-state index contributed by atoms with van der Waals surface area (Å²) in [4.78, 5) is 29.1. The molecule has 26 heavy (non-hydrogen) atoms. The van der Waals surface area contributed by atoms with Crippen LogP contribution in [0.15, 0.2) is 41.4 Å². The largest absolute Gasteiger partial charge is 0.462 e. The summed E-state index contributed by atoms with van der Waals surface area (Å²) in [5.41, 5.74) is 1.65. The van der Waals surface area contributed by atoms with E-state index in [2.05, 4.69) is 10.3 Å². The molecule has 1 amide bonds. The van der Waals surface area contributed by atoms with Gasteiger partial charge >= 0.3 is 5.97 Å². The summed E-state index contributed by atoms with van der Waals surface area (Å²) in [6.07, 6.45) is 4.17. The highest BCUT2D eigenvalue weighted by Gasteiger charge is 2.21. The van der Waals surface area contributed by atoms with Gasteiger partial charge in [-0.15, -0.1) is 0 Å². The number of nitrogens with zero attached hydrogens (tertiary/aromatic N) is 2. The van der Waals surface area contributed by atoms with E-state index in [-0.39, 0.29) is 18.4 Å². The Bertz CT molecular complexity index is 836. The van der Waals surface area contributed by atoms with Gasteiger partial charge in [-0.25, -0.2) is 9.78 Å². The summed E-state index contributed by atoms with van der Waals surface area (Å²) in [6.45, 7) is 3.78. The lowest BCUT2D eigenvalue weighted by Gasteiger charge is -2.17. The van der Waals surface area contributed by atoms with Crippen molar-refractivity contribution in [2.45, 2.75) is 26.3 Å². The van der Waals surface area contributed by atoms with Crippen molar-refractivity contribution in [3.8, 4) is 0 Å². The average molecular weight is 390 g/mol. The Balaban J connectivity index is 1.71. The fraction of sp³-hybridized carbons (Fsp3) is 0.278. The van der Waals surface area contributed by atoms with E-state index in [0.29, 0.717) is 22.3 Å². The first-order valence-corrected chi connectivity index (χ1v) is 9.93. The number of nitrogens with one attached hydrogen (secondary N) is 1. The Kier molecular flexibility index (Phi) is 5.85. The highest BCUT2D eigenvalue weighted by atomic mass is 32.1. The van der Waals surface area contributed by atoms with Crippen molar-refractivity contribution in [2.75, 3.05) is 11.9 Å². The molecular weight excluding hydrogens is 370 g/mol. The SMILES string of the molecule is CCOC(=O)c1sc(NC(=O)C[C@@H](c2ccsc2)n2cccc2)nc1C. The second kappa shape index (κ2) is 8.29. The molecule has 0 aliphatic carbocycles. The molecule has 1 N–H and O–H groups in total. The quantitative estimate of drug-likeness (QED) is 0.617. The van der Waals surface area contributed by atoms with Crippen LogP contribution in [-0.4, -0.2) is 28.0 Å². The van der Waals surface area contributed by atoms with E-state index in [1.807, 2.05) is 45.9 Å². The Hall–Kier alpha value is -2.45. The summed E-state index contributed by atoms with van der Waals surface area (Å²) in [5, 5.41) is 7.26. The molecule has 136 valence electrons. The van der Waals surface area contributed by atoms with Crippen LogP contribution in [-0.2, 0) is 9.53 Å². The third-order valence-electron chi connectivity index (χ3n) is 3.80. The number of aromatic nitrogens is 2. The molecule has 3 rings (SSSR count). The normalized spacial score (nSPS) is 11.9. The van der Waals surface area contributed by atoms with Crippen molar-refractivity contribution in [1.29, 1.82) is 0 Å². The van der Waals surface area contributed by atoms with Gasteiger partial charge in [0.05, 0.1) is 24.8 Å². The molecule has 0 bridgehead atoms. The number of esters is 1. The van der Waals surface area contributed by atoms with E-state index >= 15 is 0 Å². The van der Waals surface area contributed by atoms with Crippen LogP contribution in [0, 0.1) is 6.92 Å². The van der Waals surface area contributed by atoms with E-state index in [1.54, 1.807) is 25.2 Å². The van der Waals surface area contributed by atoms with Gasteiger partial charge in [-0.05, 0) is 48.4 Å². The van der Waals surface area contributed by atoms with Crippen LogP contribution in [0.25, 0.3) is 0 Å². The van der Waals surface area contributed by atoms with Gasteiger partial charge in [-0.2, -0.15) is 11.3 Å². The van der Waals surface area contributed by atoms with Crippen LogP contribution in [0.2, 0.25) is 0 Å². The third-order valence-corrected chi connectivity index (χ3v) is 5.55. The number of amides is 1. The topological polar surface area (TPSA) is 73.2 Å². The van der Waals surface area contributed by atoms with Crippen molar-refractivity contribution in [2.24, 2.45) is 0 Å². The van der Waals surface area contributed by atoms with E-state index < -0.39 is 5.97 Å². The Morgan fingerprint density at radius 3 is 2.77 bits per heavy atom. The smallest absolute Gasteiger partial charge is 0.350 e. The van der Waals surface area contributed by atoms with Crippen molar-refractivity contribution in [3.63, 3.8) is 0 Å². The minimum Gasteiger partial charge on any atom is -0.462 e. The van der Waals surface area contributed by atoms with Crippen molar-refractivity contribution >= 4 is 39.7 Å². The Morgan fingerprint density at radius 2 is 2.12 bits per heavy atom. The number of thiophene rings is 1. The van der Waals surface area contributed by atoms with Crippen LogP contribution >= 0.6 is 22.7 Å². The predicted octanol–water partition coefficient (Wildman–Crippen LogP) is 4.11. The number of rotatable bonds is 7. The van der Waals surface area contributed by atoms with Gasteiger partial charge < -0.3 is 14.6 Å². The monoisotopic (exact) mass is 389 g/mol. The van der Waals surface area contributed by atoms with E-state index in [1.165, 1.54) is 0 Å². The molecule has 0 spiro atoms. The van der Waals surface area contributed by atoms with Crippen molar-refractivity contribution in [3.05, 3.63) is 57.5 Å². The Morgan fingerprint density at radius 1 is 1.35 bits per heavy atom. The highest BCUT2D eigenvalue weighted by Crippen LogP contribution is 2.27. The molecule has 3 heterocycles. The van der Waals surface area contributed by atoms with Crippen LogP contribution in [0.3, 0.4) is 0 Å². The van der Waals surface area contributed by atoms with Gasteiger partial charge in [-0.1, -0.05) is 11.3 Å². The molecule has 3 aromatic rings. The molecule has 3 aromatic heterocycles. The van der Waals surface area contributed by atoms with E-state index in [9.17, 15) is 9.59 Å². The molecule has 0 fully saturated rings. The minimum atomic E-state index is -0.411. The molecule has 0 radical (unpaired) electrons. The molecule has 0 unspecified atom stereocenters. The molecule has 0 aromatic carbocycles. The van der Waals surface area contributed by atoms with Gasteiger partial charge in [0.15, 0.2) is 5.13 Å². The minimum absolute atomic E-state index is 0.0816. The summed E-state index contributed by atoms with van der Waals surface area (Å²) in [5.74, 6) is -0.564. The molecule has 6 nitrogen and oxygen atoms in total. The zero-order valence-electron chi connectivity index (χ0n) is 14.5. The maximum atomic E-state index is 12.6. The van der Waals surface area contributed by atoms with Crippen molar-refractivity contribution < 1.29 is 14.3 Å². The van der Waals surface area contributed by atoms with Gasteiger partial charge in [0.25, 0.3) is 0 Å². The molecular formula is C18H19N3O3S2. The summed E-state index contributed by atoms with van der Waals surface area (Å²) in [7, 11) is 0. The van der Waals surface area contributed by atoms with Gasteiger partial charge in [0, 0.05) is 12.4 Å². The number of anilines is 1.